The molecule has 0 atom stereocenters. The Morgan fingerprint density at radius 1 is 1.42 bits per heavy atom. The number of hydrogen-bond acceptors (Lipinski definition) is 1. The SMILES string of the molecule is Fc1ccc(OCCBr)cc1Br. The summed E-state index contributed by atoms with van der Waals surface area (Å²) >= 11 is 6.30. The van der Waals surface area contributed by atoms with Gasteiger partial charge in [0.1, 0.15) is 11.6 Å². The van der Waals surface area contributed by atoms with Gasteiger partial charge >= 0.3 is 0 Å². The van der Waals surface area contributed by atoms with Crippen LogP contribution in [-0.2, 0) is 0 Å². The predicted molar refractivity (Wildman–Crippen MR) is 53.4 cm³/mol. The minimum Gasteiger partial charge on any atom is -0.493 e. The molecule has 0 amide bonds. The molecule has 0 spiro atoms. The van der Waals surface area contributed by atoms with Crippen LogP contribution in [0.25, 0.3) is 0 Å². The smallest absolute Gasteiger partial charge is 0.137 e. The Balaban J connectivity index is 2.69. The van der Waals surface area contributed by atoms with E-state index in [4.69, 9.17) is 4.74 Å². The van der Waals surface area contributed by atoms with E-state index < -0.39 is 0 Å². The van der Waals surface area contributed by atoms with Gasteiger partial charge in [0.15, 0.2) is 0 Å². The minimum absolute atomic E-state index is 0.277. The second kappa shape index (κ2) is 4.82. The fraction of sp³-hybridized carbons (Fsp3) is 0.250. The lowest BCUT2D eigenvalue weighted by molar-refractivity contribution is 0.344. The molecule has 0 aliphatic heterocycles. The highest BCUT2D eigenvalue weighted by Gasteiger charge is 1.99. The van der Waals surface area contributed by atoms with Gasteiger partial charge in [0, 0.05) is 5.33 Å². The van der Waals surface area contributed by atoms with Gasteiger partial charge in [0.05, 0.1) is 11.1 Å². The summed E-state index contributed by atoms with van der Waals surface area (Å²) in [7, 11) is 0. The van der Waals surface area contributed by atoms with Crippen molar-refractivity contribution in [3.63, 3.8) is 0 Å². The second-order valence-corrected chi connectivity index (χ2v) is 3.76. The molecule has 66 valence electrons. The first-order valence-electron chi connectivity index (χ1n) is 3.38. The van der Waals surface area contributed by atoms with E-state index in [-0.39, 0.29) is 5.82 Å². The summed E-state index contributed by atoms with van der Waals surface area (Å²) in [5, 5.41) is 0.766. The highest BCUT2D eigenvalue weighted by molar-refractivity contribution is 9.10. The van der Waals surface area contributed by atoms with Gasteiger partial charge in [0.2, 0.25) is 0 Å². The Labute approximate surface area is 87.2 Å². The molecule has 0 fully saturated rings. The molecule has 0 radical (unpaired) electrons. The molecule has 1 aromatic carbocycles. The molecule has 0 saturated carbocycles. The van der Waals surface area contributed by atoms with E-state index in [2.05, 4.69) is 31.9 Å². The maximum absolute atomic E-state index is 12.7. The molecule has 1 nitrogen and oxygen atoms in total. The summed E-state index contributed by atoms with van der Waals surface area (Å²) in [6.07, 6.45) is 0. The molecular formula is C8H7Br2FO. The summed E-state index contributed by atoms with van der Waals surface area (Å²) in [5.74, 6) is 0.393. The quantitative estimate of drug-likeness (QED) is 0.778. The van der Waals surface area contributed by atoms with Crippen molar-refractivity contribution in [1.82, 2.24) is 0 Å². The average Bonchev–Trinajstić information content (AvgIpc) is 2.07. The highest BCUT2D eigenvalue weighted by Crippen LogP contribution is 2.21. The molecule has 1 aromatic rings. The number of halogens is 3. The van der Waals surface area contributed by atoms with Crippen molar-refractivity contribution in [1.29, 1.82) is 0 Å². The monoisotopic (exact) mass is 296 g/mol. The first-order chi connectivity index (χ1) is 5.74. The first kappa shape index (κ1) is 9.99. The molecule has 4 heteroatoms. The molecule has 0 bridgehead atoms. The van der Waals surface area contributed by atoms with Crippen molar-refractivity contribution in [2.24, 2.45) is 0 Å². The van der Waals surface area contributed by atoms with E-state index in [0.717, 1.165) is 5.33 Å². The second-order valence-electron chi connectivity index (χ2n) is 2.11. The molecule has 0 heterocycles. The Kier molecular flexibility index (Phi) is 4.01. The van der Waals surface area contributed by atoms with E-state index in [1.54, 1.807) is 12.1 Å². The fourth-order valence-electron chi connectivity index (χ4n) is 0.723. The fourth-order valence-corrected chi connectivity index (χ4v) is 1.24. The summed E-state index contributed by atoms with van der Waals surface area (Å²) in [4.78, 5) is 0. The van der Waals surface area contributed by atoms with Gasteiger partial charge in [-0.15, -0.1) is 0 Å². The molecule has 12 heavy (non-hydrogen) atoms. The number of alkyl halides is 1. The van der Waals surface area contributed by atoms with E-state index in [1.165, 1.54) is 6.07 Å². The van der Waals surface area contributed by atoms with Gasteiger partial charge in [-0.2, -0.15) is 0 Å². The maximum atomic E-state index is 12.7. The van der Waals surface area contributed by atoms with E-state index in [9.17, 15) is 4.39 Å². The zero-order valence-electron chi connectivity index (χ0n) is 6.19. The van der Waals surface area contributed by atoms with Crippen LogP contribution >= 0.6 is 31.9 Å². The third-order valence-electron chi connectivity index (χ3n) is 1.24. The number of hydrogen-bond donors (Lipinski definition) is 0. The van der Waals surface area contributed by atoms with Crippen molar-refractivity contribution < 1.29 is 9.13 Å². The summed E-state index contributed by atoms with van der Waals surface area (Å²) in [5.41, 5.74) is 0. The van der Waals surface area contributed by atoms with Crippen LogP contribution in [0.3, 0.4) is 0 Å². The Hall–Kier alpha value is -0.0900. The van der Waals surface area contributed by atoms with Crippen LogP contribution in [0.1, 0.15) is 0 Å². The van der Waals surface area contributed by atoms with Crippen molar-refractivity contribution in [2.75, 3.05) is 11.9 Å². The topological polar surface area (TPSA) is 9.23 Å². The summed E-state index contributed by atoms with van der Waals surface area (Å²) in [6.45, 7) is 0.581. The van der Waals surface area contributed by atoms with Gasteiger partial charge in [-0.25, -0.2) is 4.39 Å². The van der Waals surface area contributed by atoms with Crippen LogP contribution in [0.5, 0.6) is 5.75 Å². The first-order valence-corrected chi connectivity index (χ1v) is 5.29. The third-order valence-corrected chi connectivity index (χ3v) is 2.17. The predicted octanol–water partition coefficient (Wildman–Crippen LogP) is 3.36. The molecular weight excluding hydrogens is 291 g/mol. The van der Waals surface area contributed by atoms with Crippen LogP contribution in [0.15, 0.2) is 22.7 Å². The van der Waals surface area contributed by atoms with Crippen LogP contribution in [0, 0.1) is 5.82 Å². The van der Waals surface area contributed by atoms with Crippen molar-refractivity contribution in [3.8, 4) is 5.75 Å². The Morgan fingerprint density at radius 2 is 2.17 bits per heavy atom. The molecule has 0 aromatic heterocycles. The standard InChI is InChI=1S/C8H7Br2FO/c9-3-4-12-6-1-2-8(11)7(10)5-6/h1-2,5H,3-4H2. The Morgan fingerprint density at radius 3 is 2.75 bits per heavy atom. The molecule has 0 aliphatic rings. The molecule has 0 unspecified atom stereocenters. The van der Waals surface area contributed by atoms with E-state index >= 15 is 0 Å². The van der Waals surface area contributed by atoms with Gasteiger partial charge in [-0.1, -0.05) is 15.9 Å². The van der Waals surface area contributed by atoms with Crippen molar-refractivity contribution in [3.05, 3.63) is 28.5 Å². The third kappa shape index (κ3) is 2.75. The zero-order valence-corrected chi connectivity index (χ0v) is 9.36. The number of ether oxygens (including phenoxy) is 1. The van der Waals surface area contributed by atoms with Crippen LogP contribution < -0.4 is 4.74 Å². The van der Waals surface area contributed by atoms with Crippen LogP contribution in [-0.4, -0.2) is 11.9 Å². The molecule has 1 rings (SSSR count). The van der Waals surface area contributed by atoms with E-state index in [1.807, 2.05) is 0 Å². The average molecular weight is 298 g/mol. The number of rotatable bonds is 3. The van der Waals surface area contributed by atoms with Crippen LogP contribution in [0.4, 0.5) is 4.39 Å². The van der Waals surface area contributed by atoms with Gasteiger partial charge in [0.25, 0.3) is 0 Å². The number of benzene rings is 1. The Bertz CT molecular complexity index is 265. The highest BCUT2D eigenvalue weighted by atomic mass is 79.9. The van der Waals surface area contributed by atoms with Crippen LogP contribution in [0.2, 0.25) is 0 Å². The zero-order chi connectivity index (χ0) is 8.97. The van der Waals surface area contributed by atoms with Gasteiger partial charge < -0.3 is 4.74 Å². The van der Waals surface area contributed by atoms with Crippen molar-refractivity contribution >= 4 is 31.9 Å². The van der Waals surface area contributed by atoms with Gasteiger partial charge in [-0.3, -0.25) is 0 Å². The van der Waals surface area contributed by atoms with Crippen molar-refractivity contribution in [2.45, 2.75) is 0 Å². The lowest BCUT2D eigenvalue weighted by atomic mass is 10.3. The summed E-state index contributed by atoms with van der Waals surface area (Å²) in [6, 6.07) is 4.58. The minimum atomic E-state index is -0.277. The maximum Gasteiger partial charge on any atom is 0.137 e. The largest absolute Gasteiger partial charge is 0.493 e. The lowest BCUT2D eigenvalue weighted by Gasteiger charge is -2.03. The molecule has 0 saturated heterocycles. The van der Waals surface area contributed by atoms with E-state index in [0.29, 0.717) is 16.8 Å². The van der Waals surface area contributed by atoms with Gasteiger partial charge in [-0.05, 0) is 34.1 Å². The normalized spacial score (nSPS) is 9.92. The summed E-state index contributed by atoms with van der Waals surface area (Å²) < 4.78 is 18.4. The molecule has 0 N–H and O–H groups in total. The molecule has 0 aliphatic carbocycles. The lowest BCUT2D eigenvalue weighted by Crippen LogP contribution is -1.97.